The lowest BCUT2D eigenvalue weighted by molar-refractivity contribution is 0.0695. The van der Waals surface area contributed by atoms with Crippen LogP contribution in [0, 0.1) is 0 Å². The summed E-state index contributed by atoms with van der Waals surface area (Å²) >= 11 is 1.19. The van der Waals surface area contributed by atoms with E-state index in [4.69, 9.17) is 5.11 Å². The zero-order chi connectivity index (χ0) is 10.9. The van der Waals surface area contributed by atoms with Crippen molar-refractivity contribution in [3.63, 3.8) is 0 Å². The van der Waals surface area contributed by atoms with Gasteiger partial charge in [-0.1, -0.05) is 20.8 Å². The van der Waals surface area contributed by atoms with E-state index >= 15 is 0 Å². The van der Waals surface area contributed by atoms with Gasteiger partial charge in [-0.15, -0.1) is 0 Å². The van der Waals surface area contributed by atoms with Gasteiger partial charge in [-0.05, 0) is 11.5 Å². The van der Waals surface area contributed by atoms with Gasteiger partial charge >= 0.3 is 5.97 Å². The summed E-state index contributed by atoms with van der Waals surface area (Å²) in [4.78, 5) is 11.0. The van der Waals surface area contributed by atoms with Crippen molar-refractivity contribution < 1.29 is 9.90 Å². The first-order chi connectivity index (χ1) is 6.38. The summed E-state index contributed by atoms with van der Waals surface area (Å²) in [5, 5.41) is 12.5. The molecule has 2 N–H and O–H groups in total. The molecular weight excluding hydrogens is 200 g/mol. The number of hydrogen-bond acceptors (Lipinski definition) is 4. The average molecular weight is 214 g/mol. The molecule has 0 amide bonds. The van der Waals surface area contributed by atoms with Gasteiger partial charge in [0, 0.05) is 12.5 Å². The smallest absolute Gasteiger partial charge is 0.340 e. The first kappa shape index (κ1) is 11.0. The predicted molar refractivity (Wildman–Crippen MR) is 57.3 cm³/mol. The molecule has 1 aromatic rings. The Hall–Kier alpha value is -1.10. The van der Waals surface area contributed by atoms with Crippen molar-refractivity contribution in [3.8, 4) is 0 Å². The molecule has 78 valence electrons. The normalized spacial score (nSPS) is 11.4. The molecule has 0 radical (unpaired) electrons. The van der Waals surface area contributed by atoms with E-state index in [2.05, 4.69) is 9.69 Å². The van der Waals surface area contributed by atoms with Crippen LogP contribution in [0.5, 0.6) is 0 Å². The van der Waals surface area contributed by atoms with E-state index < -0.39 is 5.97 Å². The van der Waals surface area contributed by atoms with Gasteiger partial charge in [0.15, 0.2) is 0 Å². The number of carboxylic acids is 1. The number of hydrogen-bond donors (Lipinski definition) is 2. The third-order valence-corrected chi connectivity index (χ3v) is 2.71. The number of carboxylic acid groups (broad SMARTS) is 1. The number of aromatic carboxylic acids is 1. The first-order valence-corrected chi connectivity index (χ1v) is 5.06. The van der Waals surface area contributed by atoms with Gasteiger partial charge in [0.2, 0.25) is 0 Å². The molecular formula is C9H14N2O2S. The Labute approximate surface area is 87.1 Å². The van der Waals surface area contributed by atoms with Crippen molar-refractivity contribution in [3.05, 3.63) is 11.3 Å². The number of anilines is 1. The van der Waals surface area contributed by atoms with Crippen LogP contribution in [0.1, 0.15) is 36.8 Å². The minimum Gasteiger partial charge on any atom is -0.478 e. The Morgan fingerprint density at radius 1 is 1.50 bits per heavy atom. The number of nitrogens with one attached hydrogen (secondary N) is 1. The summed E-state index contributed by atoms with van der Waals surface area (Å²) in [5.41, 5.74) is 0.698. The van der Waals surface area contributed by atoms with Gasteiger partial charge in [0.25, 0.3) is 0 Å². The van der Waals surface area contributed by atoms with Crippen LogP contribution < -0.4 is 5.32 Å². The van der Waals surface area contributed by atoms with E-state index in [1.807, 2.05) is 20.8 Å². The van der Waals surface area contributed by atoms with E-state index in [1.165, 1.54) is 11.5 Å². The van der Waals surface area contributed by atoms with E-state index in [1.54, 1.807) is 7.05 Å². The van der Waals surface area contributed by atoms with E-state index in [-0.39, 0.29) is 5.41 Å². The van der Waals surface area contributed by atoms with Gasteiger partial charge in [-0.3, -0.25) is 0 Å². The molecule has 0 aliphatic carbocycles. The van der Waals surface area contributed by atoms with Crippen molar-refractivity contribution in [2.24, 2.45) is 0 Å². The summed E-state index contributed by atoms with van der Waals surface area (Å²) in [6.07, 6.45) is 0. The van der Waals surface area contributed by atoms with Crippen LogP contribution in [0.15, 0.2) is 0 Å². The van der Waals surface area contributed by atoms with Crippen molar-refractivity contribution >= 4 is 22.5 Å². The second-order valence-corrected chi connectivity index (χ2v) is 4.81. The highest BCUT2D eigenvalue weighted by Gasteiger charge is 2.27. The summed E-state index contributed by atoms with van der Waals surface area (Å²) in [7, 11) is 1.70. The molecule has 0 aliphatic rings. The summed E-state index contributed by atoms with van der Waals surface area (Å²) in [6.45, 7) is 5.86. The monoisotopic (exact) mass is 214 g/mol. The maximum atomic E-state index is 11.0. The van der Waals surface area contributed by atoms with Gasteiger partial charge in [-0.25, -0.2) is 4.79 Å². The quantitative estimate of drug-likeness (QED) is 0.792. The molecule has 1 aromatic heterocycles. The molecule has 1 rings (SSSR count). The number of rotatable bonds is 2. The Morgan fingerprint density at radius 3 is 2.43 bits per heavy atom. The highest BCUT2D eigenvalue weighted by molar-refractivity contribution is 7.10. The Balaban J connectivity index is 3.32. The van der Waals surface area contributed by atoms with Crippen LogP contribution in [-0.4, -0.2) is 22.5 Å². The number of carbonyl (C=O) groups is 1. The number of nitrogens with zero attached hydrogens (tertiary/aromatic N) is 1. The molecule has 0 saturated carbocycles. The highest BCUT2D eigenvalue weighted by Crippen LogP contribution is 2.32. The van der Waals surface area contributed by atoms with Crippen LogP contribution >= 0.6 is 11.5 Å². The van der Waals surface area contributed by atoms with Gasteiger partial charge in [0.1, 0.15) is 10.6 Å². The van der Waals surface area contributed by atoms with E-state index in [0.29, 0.717) is 16.3 Å². The molecule has 0 spiro atoms. The molecule has 0 atom stereocenters. The zero-order valence-corrected chi connectivity index (χ0v) is 9.53. The van der Waals surface area contributed by atoms with E-state index in [9.17, 15) is 4.79 Å². The van der Waals surface area contributed by atoms with Crippen molar-refractivity contribution in [1.29, 1.82) is 0 Å². The minimum absolute atomic E-state index is 0.237. The summed E-state index contributed by atoms with van der Waals surface area (Å²) in [6, 6.07) is 0. The molecule has 0 aromatic carbocycles. The highest BCUT2D eigenvalue weighted by atomic mass is 32.1. The summed E-state index contributed by atoms with van der Waals surface area (Å²) < 4.78 is 4.18. The maximum Gasteiger partial charge on any atom is 0.340 e. The Kier molecular flexibility index (Phi) is 2.80. The second-order valence-electron chi connectivity index (χ2n) is 4.04. The molecule has 1 heterocycles. The average Bonchev–Trinajstić information content (AvgIpc) is 2.45. The minimum atomic E-state index is -0.923. The van der Waals surface area contributed by atoms with Crippen molar-refractivity contribution in [2.75, 3.05) is 12.4 Å². The molecule has 0 unspecified atom stereocenters. The summed E-state index contributed by atoms with van der Waals surface area (Å²) in [5.74, 6) is -0.923. The number of aromatic nitrogens is 1. The fourth-order valence-corrected chi connectivity index (χ4v) is 2.09. The lowest BCUT2D eigenvalue weighted by Gasteiger charge is -2.16. The lowest BCUT2D eigenvalue weighted by atomic mass is 9.89. The molecule has 0 fully saturated rings. The second kappa shape index (κ2) is 3.57. The predicted octanol–water partition coefficient (Wildman–Crippen LogP) is 2.18. The Morgan fingerprint density at radius 2 is 2.07 bits per heavy atom. The van der Waals surface area contributed by atoms with Crippen LogP contribution in [0.25, 0.3) is 0 Å². The third kappa shape index (κ3) is 1.87. The third-order valence-electron chi connectivity index (χ3n) is 1.84. The molecule has 14 heavy (non-hydrogen) atoms. The standard InChI is InChI=1S/C9H14N2O2S/c1-9(2,3)6-5(8(12)13)7(10-4)14-11-6/h10H,1-4H3,(H,12,13). The van der Waals surface area contributed by atoms with Crippen LogP contribution in [0.4, 0.5) is 5.00 Å². The Bertz CT molecular complexity index is 352. The van der Waals surface area contributed by atoms with Gasteiger partial charge < -0.3 is 10.4 Å². The first-order valence-electron chi connectivity index (χ1n) is 4.29. The molecule has 4 nitrogen and oxygen atoms in total. The fourth-order valence-electron chi connectivity index (χ4n) is 1.17. The van der Waals surface area contributed by atoms with Crippen LogP contribution in [0.3, 0.4) is 0 Å². The van der Waals surface area contributed by atoms with Crippen LogP contribution in [-0.2, 0) is 5.41 Å². The molecule has 0 aliphatic heterocycles. The van der Waals surface area contributed by atoms with Crippen LogP contribution in [0.2, 0.25) is 0 Å². The van der Waals surface area contributed by atoms with E-state index in [0.717, 1.165) is 0 Å². The fraction of sp³-hybridized carbons (Fsp3) is 0.556. The maximum absolute atomic E-state index is 11.0. The zero-order valence-electron chi connectivity index (χ0n) is 8.71. The molecule has 0 saturated heterocycles. The largest absolute Gasteiger partial charge is 0.478 e. The van der Waals surface area contributed by atoms with Crippen molar-refractivity contribution in [1.82, 2.24) is 4.37 Å². The van der Waals surface area contributed by atoms with Gasteiger partial charge in [-0.2, -0.15) is 4.37 Å². The lowest BCUT2D eigenvalue weighted by Crippen LogP contribution is -2.16. The topological polar surface area (TPSA) is 62.2 Å². The molecule has 5 heteroatoms. The van der Waals surface area contributed by atoms with Crippen molar-refractivity contribution in [2.45, 2.75) is 26.2 Å². The van der Waals surface area contributed by atoms with Gasteiger partial charge in [0.05, 0.1) is 5.69 Å². The molecule has 0 bridgehead atoms. The SMILES string of the molecule is CNc1snc(C(C)(C)C)c1C(=O)O.